The van der Waals surface area contributed by atoms with Crippen LogP contribution < -0.4 is 4.74 Å². The van der Waals surface area contributed by atoms with E-state index in [1.165, 1.54) is 63.4 Å². The SMILES string of the molecule is CCCCCCCCCCc1cnc(-c2ccc(OCC(F)CC(C)CCCC)cc2)nc1. The lowest BCUT2D eigenvalue weighted by Crippen LogP contribution is -2.16. The van der Waals surface area contributed by atoms with Crippen molar-refractivity contribution < 1.29 is 9.13 Å². The molecule has 0 saturated heterocycles. The first-order valence-electron chi connectivity index (χ1n) is 13.3. The maximum atomic E-state index is 14.2. The van der Waals surface area contributed by atoms with Gasteiger partial charge in [-0.3, -0.25) is 0 Å². The number of ether oxygens (including phenoxy) is 1. The molecule has 0 aliphatic rings. The molecule has 0 fully saturated rings. The van der Waals surface area contributed by atoms with Crippen LogP contribution in [-0.4, -0.2) is 22.7 Å². The van der Waals surface area contributed by atoms with Gasteiger partial charge in [0.15, 0.2) is 5.82 Å². The zero-order valence-corrected chi connectivity index (χ0v) is 21.2. The van der Waals surface area contributed by atoms with Crippen molar-refractivity contribution in [1.82, 2.24) is 9.97 Å². The van der Waals surface area contributed by atoms with E-state index in [1.807, 2.05) is 36.7 Å². The molecule has 3 nitrogen and oxygen atoms in total. The van der Waals surface area contributed by atoms with Crippen molar-refractivity contribution in [3.05, 3.63) is 42.2 Å². The Hall–Kier alpha value is -1.97. The lowest BCUT2D eigenvalue weighted by Gasteiger charge is -2.15. The van der Waals surface area contributed by atoms with Crippen molar-refractivity contribution in [3.63, 3.8) is 0 Å². The van der Waals surface area contributed by atoms with Crippen LogP contribution in [0.1, 0.15) is 103 Å². The molecule has 0 amide bonds. The van der Waals surface area contributed by atoms with Gasteiger partial charge in [0.1, 0.15) is 18.5 Å². The van der Waals surface area contributed by atoms with Crippen LogP contribution in [0.25, 0.3) is 11.4 Å². The quantitative estimate of drug-likeness (QED) is 0.210. The predicted molar refractivity (Wildman–Crippen MR) is 137 cm³/mol. The Bertz CT molecular complexity index is 732. The Morgan fingerprint density at radius 3 is 2.06 bits per heavy atom. The highest BCUT2D eigenvalue weighted by Gasteiger charge is 2.13. The van der Waals surface area contributed by atoms with Gasteiger partial charge in [-0.15, -0.1) is 0 Å². The summed E-state index contributed by atoms with van der Waals surface area (Å²) in [7, 11) is 0. The number of hydrogen-bond donors (Lipinski definition) is 0. The van der Waals surface area contributed by atoms with E-state index in [0.717, 1.165) is 24.8 Å². The normalized spacial score (nSPS) is 13.1. The van der Waals surface area contributed by atoms with Crippen LogP contribution in [0.5, 0.6) is 5.75 Å². The fraction of sp³-hybridized carbons (Fsp3) is 0.655. The fourth-order valence-corrected chi connectivity index (χ4v) is 4.16. The maximum absolute atomic E-state index is 14.2. The van der Waals surface area contributed by atoms with E-state index < -0.39 is 6.17 Å². The molecule has 0 spiro atoms. The first-order valence-corrected chi connectivity index (χ1v) is 13.3. The Labute approximate surface area is 201 Å². The molecule has 0 bridgehead atoms. The van der Waals surface area contributed by atoms with Gasteiger partial charge in [0.05, 0.1) is 0 Å². The molecule has 0 N–H and O–H groups in total. The second kappa shape index (κ2) is 16.6. The fourth-order valence-electron chi connectivity index (χ4n) is 4.16. The molecular weight excluding hydrogens is 411 g/mol. The smallest absolute Gasteiger partial charge is 0.159 e. The van der Waals surface area contributed by atoms with Gasteiger partial charge in [-0.25, -0.2) is 14.4 Å². The number of rotatable bonds is 18. The van der Waals surface area contributed by atoms with Crippen LogP contribution in [0.3, 0.4) is 0 Å². The van der Waals surface area contributed by atoms with Crippen molar-refractivity contribution in [1.29, 1.82) is 0 Å². The molecule has 2 unspecified atom stereocenters. The lowest BCUT2D eigenvalue weighted by atomic mass is 9.98. The van der Waals surface area contributed by atoms with E-state index in [1.54, 1.807) is 0 Å². The van der Waals surface area contributed by atoms with Crippen LogP contribution in [0.15, 0.2) is 36.7 Å². The van der Waals surface area contributed by atoms with Gasteiger partial charge in [-0.05, 0) is 55.0 Å². The van der Waals surface area contributed by atoms with Gasteiger partial charge >= 0.3 is 0 Å². The minimum absolute atomic E-state index is 0.111. The summed E-state index contributed by atoms with van der Waals surface area (Å²) in [6.07, 6.45) is 18.6. The third-order valence-electron chi connectivity index (χ3n) is 6.28. The van der Waals surface area contributed by atoms with Crippen molar-refractivity contribution in [2.45, 2.75) is 110 Å². The highest BCUT2D eigenvalue weighted by atomic mass is 19.1. The number of benzene rings is 1. The van der Waals surface area contributed by atoms with Gasteiger partial charge < -0.3 is 4.74 Å². The molecular formula is C29H45FN2O. The largest absolute Gasteiger partial charge is 0.491 e. The van der Waals surface area contributed by atoms with E-state index in [0.29, 0.717) is 23.9 Å². The van der Waals surface area contributed by atoms with Crippen LogP contribution in [0.4, 0.5) is 4.39 Å². The van der Waals surface area contributed by atoms with Crippen molar-refractivity contribution in [2.75, 3.05) is 6.61 Å². The zero-order chi connectivity index (χ0) is 23.7. The number of hydrogen-bond acceptors (Lipinski definition) is 3. The van der Waals surface area contributed by atoms with E-state index in [2.05, 4.69) is 30.7 Å². The molecule has 4 heteroatoms. The van der Waals surface area contributed by atoms with Crippen LogP contribution in [0, 0.1) is 5.92 Å². The van der Waals surface area contributed by atoms with E-state index in [9.17, 15) is 4.39 Å². The lowest BCUT2D eigenvalue weighted by molar-refractivity contribution is 0.168. The predicted octanol–water partition coefficient (Wildman–Crippen LogP) is 8.76. The number of nitrogens with zero attached hydrogens (tertiary/aromatic N) is 2. The molecule has 33 heavy (non-hydrogen) atoms. The zero-order valence-electron chi connectivity index (χ0n) is 21.2. The van der Waals surface area contributed by atoms with Crippen LogP contribution >= 0.6 is 0 Å². The average Bonchev–Trinajstić information content (AvgIpc) is 2.84. The van der Waals surface area contributed by atoms with Crippen LogP contribution in [0.2, 0.25) is 0 Å². The second-order valence-electron chi connectivity index (χ2n) is 9.56. The summed E-state index contributed by atoms with van der Waals surface area (Å²) in [5.41, 5.74) is 2.15. The molecule has 0 aliphatic carbocycles. The number of aromatic nitrogens is 2. The topological polar surface area (TPSA) is 35.0 Å². The Balaban J connectivity index is 1.69. The monoisotopic (exact) mass is 456 g/mol. The van der Waals surface area contributed by atoms with Crippen LogP contribution in [-0.2, 0) is 6.42 Å². The molecule has 1 aromatic heterocycles. The molecule has 2 atom stereocenters. The second-order valence-corrected chi connectivity index (χ2v) is 9.56. The molecule has 1 aromatic carbocycles. The number of aryl methyl sites for hydroxylation is 1. The minimum Gasteiger partial charge on any atom is -0.491 e. The van der Waals surface area contributed by atoms with Gasteiger partial charge in [0.2, 0.25) is 0 Å². The average molecular weight is 457 g/mol. The standard InChI is InChI=1S/C29H45FN2O/c1-4-6-8-9-10-11-12-13-15-25-21-31-29(32-22-25)26-16-18-28(19-17-26)33-23-27(30)20-24(3)14-7-5-2/h16-19,21-22,24,27H,4-15,20,23H2,1-3H3. The Morgan fingerprint density at radius 1 is 0.818 bits per heavy atom. The third-order valence-corrected chi connectivity index (χ3v) is 6.28. The van der Waals surface area contributed by atoms with Crippen molar-refractivity contribution in [3.8, 4) is 17.1 Å². The van der Waals surface area contributed by atoms with E-state index in [-0.39, 0.29) is 6.61 Å². The van der Waals surface area contributed by atoms with Crippen molar-refractivity contribution >= 4 is 0 Å². The summed E-state index contributed by atoms with van der Waals surface area (Å²) < 4.78 is 19.9. The number of alkyl halides is 1. The summed E-state index contributed by atoms with van der Waals surface area (Å²) in [5.74, 6) is 1.81. The number of halogens is 1. The molecule has 0 aliphatic heterocycles. The van der Waals surface area contributed by atoms with Gasteiger partial charge in [0.25, 0.3) is 0 Å². The Morgan fingerprint density at radius 2 is 1.42 bits per heavy atom. The minimum atomic E-state index is -0.923. The summed E-state index contributed by atoms with van der Waals surface area (Å²) in [4.78, 5) is 9.09. The van der Waals surface area contributed by atoms with Gasteiger partial charge in [-0.1, -0.05) is 85.0 Å². The molecule has 184 valence electrons. The summed E-state index contributed by atoms with van der Waals surface area (Å²) in [5, 5.41) is 0. The van der Waals surface area contributed by atoms with E-state index in [4.69, 9.17) is 4.74 Å². The third kappa shape index (κ3) is 11.6. The summed E-state index contributed by atoms with van der Waals surface area (Å²) >= 11 is 0. The first kappa shape index (κ1) is 27.3. The Kier molecular flexibility index (Phi) is 13.7. The molecule has 1 heterocycles. The molecule has 2 rings (SSSR count). The van der Waals surface area contributed by atoms with Crippen molar-refractivity contribution in [2.24, 2.45) is 5.92 Å². The maximum Gasteiger partial charge on any atom is 0.159 e. The van der Waals surface area contributed by atoms with Gasteiger partial charge in [0, 0.05) is 18.0 Å². The van der Waals surface area contributed by atoms with Gasteiger partial charge in [-0.2, -0.15) is 0 Å². The highest BCUT2D eigenvalue weighted by Crippen LogP contribution is 2.21. The van der Waals surface area contributed by atoms with E-state index >= 15 is 0 Å². The molecule has 0 radical (unpaired) electrons. The highest BCUT2D eigenvalue weighted by molar-refractivity contribution is 5.55. The summed E-state index contributed by atoms with van der Waals surface area (Å²) in [6.45, 7) is 6.67. The number of unbranched alkanes of at least 4 members (excludes halogenated alkanes) is 8. The molecule has 0 saturated carbocycles. The first-order chi connectivity index (χ1) is 16.1. The summed E-state index contributed by atoms with van der Waals surface area (Å²) in [6, 6.07) is 7.64. The molecule has 2 aromatic rings.